The molecule has 0 saturated heterocycles. The third kappa shape index (κ3) is 8.24. The Hall–Kier alpha value is -3.07. The number of hydrogen-bond acceptors (Lipinski definition) is 4. The molecule has 41 heavy (non-hydrogen) atoms. The fourth-order valence-electron chi connectivity index (χ4n) is 4.58. The minimum Gasteiger partial charge on any atom is -0.354 e. The first-order valence-corrected chi connectivity index (χ1v) is 15.8. The maximum absolute atomic E-state index is 14.2. The Labute approximate surface area is 253 Å². The smallest absolute Gasteiger partial charge is 0.264 e. The molecule has 2 amide bonds. The van der Waals surface area contributed by atoms with Gasteiger partial charge in [0.2, 0.25) is 11.8 Å². The molecule has 0 unspecified atom stereocenters. The first-order chi connectivity index (χ1) is 19.4. The molecule has 0 saturated carbocycles. The van der Waals surface area contributed by atoms with Crippen LogP contribution in [-0.4, -0.2) is 44.3 Å². The van der Waals surface area contributed by atoms with E-state index in [0.29, 0.717) is 34.3 Å². The Morgan fingerprint density at radius 1 is 0.878 bits per heavy atom. The van der Waals surface area contributed by atoms with Gasteiger partial charge >= 0.3 is 0 Å². The summed E-state index contributed by atoms with van der Waals surface area (Å²) in [5.74, 6) is -0.850. The van der Waals surface area contributed by atoms with E-state index in [1.54, 1.807) is 42.5 Å². The minimum absolute atomic E-state index is 0.00183. The van der Waals surface area contributed by atoms with Crippen LogP contribution in [0.2, 0.25) is 10.0 Å². The van der Waals surface area contributed by atoms with E-state index in [1.807, 2.05) is 40.7 Å². The summed E-state index contributed by atoms with van der Waals surface area (Å²) in [6.45, 7) is 9.30. The fraction of sp³-hybridized carbons (Fsp3) is 0.355. The summed E-state index contributed by atoms with van der Waals surface area (Å²) >= 11 is 12.6. The second kappa shape index (κ2) is 14.2. The van der Waals surface area contributed by atoms with Gasteiger partial charge in [0.05, 0.1) is 10.6 Å². The van der Waals surface area contributed by atoms with Crippen LogP contribution in [0.3, 0.4) is 0 Å². The molecule has 0 aliphatic carbocycles. The van der Waals surface area contributed by atoms with Gasteiger partial charge in [-0.2, -0.15) is 0 Å². The number of rotatable bonds is 12. The summed E-state index contributed by atoms with van der Waals surface area (Å²) in [6.07, 6.45) is 1.05. The number of anilines is 1. The quantitative estimate of drug-likeness (QED) is 0.253. The molecule has 0 heterocycles. The Morgan fingerprint density at radius 2 is 1.51 bits per heavy atom. The molecule has 3 aromatic carbocycles. The van der Waals surface area contributed by atoms with Gasteiger partial charge in [-0.15, -0.1) is 0 Å². The number of halogens is 2. The van der Waals surface area contributed by atoms with Crippen molar-refractivity contribution >= 4 is 50.7 Å². The van der Waals surface area contributed by atoms with Crippen molar-refractivity contribution in [2.24, 2.45) is 0 Å². The minimum atomic E-state index is -4.14. The largest absolute Gasteiger partial charge is 0.354 e. The average Bonchev–Trinajstić information content (AvgIpc) is 2.91. The highest BCUT2D eigenvalue weighted by atomic mass is 35.5. The van der Waals surface area contributed by atoms with Crippen LogP contribution in [0.1, 0.15) is 48.9 Å². The van der Waals surface area contributed by atoms with Gasteiger partial charge in [0.25, 0.3) is 10.0 Å². The monoisotopic (exact) mass is 617 g/mol. The van der Waals surface area contributed by atoms with Gasteiger partial charge in [0.1, 0.15) is 12.6 Å². The van der Waals surface area contributed by atoms with Crippen LogP contribution >= 0.6 is 23.2 Å². The van der Waals surface area contributed by atoms with Gasteiger partial charge in [0.15, 0.2) is 0 Å². The van der Waals surface area contributed by atoms with Gasteiger partial charge in [-0.25, -0.2) is 8.42 Å². The SMILES string of the molecule is CCCNC(=O)[C@H](CC)N(Cc1ccc(Cl)cc1Cl)C(=O)CN(c1cc(C)cc(C)c1)S(=O)(=O)c1ccc(C)cc1. The van der Waals surface area contributed by atoms with Crippen molar-refractivity contribution in [1.82, 2.24) is 10.2 Å². The predicted molar refractivity (Wildman–Crippen MR) is 166 cm³/mol. The summed E-state index contributed by atoms with van der Waals surface area (Å²) in [5, 5.41) is 3.66. The molecule has 220 valence electrons. The van der Waals surface area contributed by atoms with E-state index >= 15 is 0 Å². The van der Waals surface area contributed by atoms with Crippen LogP contribution in [0.4, 0.5) is 5.69 Å². The van der Waals surface area contributed by atoms with Gasteiger partial charge < -0.3 is 10.2 Å². The standard InChI is InChI=1S/C31H37Cl2N3O4S/c1-6-14-34-31(38)29(7-2)35(19-24-10-11-25(32)18-28(24)33)30(37)20-36(26-16-22(4)15-23(5)17-26)41(39,40)27-12-8-21(3)9-13-27/h8-13,15-18,29H,6-7,14,19-20H2,1-5H3,(H,34,38)/t29-/m0/s1. The molecular formula is C31H37Cl2N3O4S. The number of carbonyl (C=O) groups excluding carboxylic acids is 2. The molecule has 3 rings (SSSR count). The molecule has 0 aliphatic heterocycles. The zero-order valence-electron chi connectivity index (χ0n) is 24.1. The average molecular weight is 619 g/mol. The van der Waals surface area contributed by atoms with Crippen molar-refractivity contribution in [2.75, 3.05) is 17.4 Å². The molecule has 0 bridgehead atoms. The molecule has 0 spiro atoms. The number of nitrogens with zero attached hydrogens (tertiary/aromatic N) is 2. The number of carbonyl (C=O) groups is 2. The number of aryl methyl sites for hydroxylation is 3. The van der Waals surface area contributed by atoms with E-state index in [0.717, 1.165) is 27.4 Å². The van der Waals surface area contributed by atoms with Crippen LogP contribution in [0, 0.1) is 20.8 Å². The van der Waals surface area contributed by atoms with Crippen molar-refractivity contribution in [1.29, 1.82) is 0 Å². The molecule has 1 atom stereocenters. The van der Waals surface area contributed by atoms with E-state index in [2.05, 4.69) is 5.32 Å². The van der Waals surface area contributed by atoms with Gasteiger partial charge in [-0.3, -0.25) is 13.9 Å². The lowest BCUT2D eigenvalue weighted by Crippen LogP contribution is -2.52. The maximum atomic E-state index is 14.2. The molecule has 1 N–H and O–H groups in total. The topological polar surface area (TPSA) is 86.8 Å². The van der Waals surface area contributed by atoms with Crippen LogP contribution in [-0.2, 0) is 26.2 Å². The number of sulfonamides is 1. The maximum Gasteiger partial charge on any atom is 0.264 e. The zero-order valence-corrected chi connectivity index (χ0v) is 26.4. The molecular weight excluding hydrogens is 581 g/mol. The first kappa shape index (κ1) is 32.4. The first-order valence-electron chi connectivity index (χ1n) is 13.6. The summed E-state index contributed by atoms with van der Waals surface area (Å²) in [4.78, 5) is 28.8. The Balaban J connectivity index is 2.11. The van der Waals surface area contributed by atoms with Crippen LogP contribution in [0.15, 0.2) is 65.6 Å². The molecule has 10 heteroatoms. The number of nitrogens with one attached hydrogen (secondary N) is 1. The predicted octanol–water partition coefficient (Wildman–Crippen LogP) is 6.45. The van der Waals surface area contributed by atoms with Gasteiger partial charge in [-0.05, 0) is 86.7 Å². The number of hydrogen-bond donors (Lipinski definition) is 1. The zero-order chi connectivity index (χ0) is 30.3. The Kier molecular flexibility index (Phi) is 11.2. The second-order valence-electron chi connectivity index (χ2n) is 10.1. The molecule has 3 aromatic rings. The van der Waals surface area contributed by atoms with Crippen molar-refractivity contribution in [2.45, 2.75) is 64.9 Å². The molecule has 7 nitrogen and oxygen atoms in total. The summed E-state index contributed by atoms with van der Waals surface area (Å²) in [5.41, 5.74) is 3.57. The molecule has 0 radical (unpaired) electrons. The Morgan fingerprint density at radius 3 is 2.07 bits per heavy atom. The third-order valence-electron chi connectivity index (χ3n) is 6.67. The van der Waals surface area contributed by atoms with E-state index in [4.69, 9.17) is 23.2 Å². The number of benzene rings is 3. The molecule has 0 aromatic heterocycles. The molecule has 0 fully saturated rings. The van der Waals surface area contributed by atoms with Crippen molar-refractivity contribution in [3.05, 3.63) is 93.0 Å². The third-order valence-corrected chi connectivity index (χ3v) is 9.05. The van der Waals surface area contributed by atoms with E-state index in [1.165, 1.54) is 17.0 Å². The highest BCUT2D eigenvalue weighted by Gasteiger charge is 2.34. The van der Waals surface area contributed by atoms with Gasteiger partial charge in [-0.1, -0.05) is 66.9 Å². The van der Waals surface area contributed by atoms with Crippen LogP contribution in [0.25, 0.3) is 0 Å². The lowest BCUT2D eigenvalue weighted by Gasteiger charge is -2.33. The van der Waals surface area contributed by atoms with Crippen molar-refractivity contribution in [3.63, 3.8) is 0 Å². The van der Waals surface area contributed by atoms with Crippen molar-refractivity contribution < 1.29 is 18.0 Å². The van der Waals surface area contributed by atoms with Gasteiger partial charge in [0, 0.05) is 23.1 Å². The highest BCUT2D eigenvalue weighted by molar-refractivity contribution is 7.92. The van der Waals surface area contributed by atoms with Crippen molar-refractivity contribution in [3.8, 4) is 0 Å². The van der Waals surface area contributed by atoms with E-state index in [-0.39, 0.29) is 17.3 Å². The summed E-state index contributed by atoms with van der Waals surface area (Å²) in [7, 11) is -4.14. The van der Waals surface area contributed by atoms with E-state index < -0.39 is 28.5 Å². The highest BCUT2D eigenvalue weighted by Crippen LogP contribution is 2.28. The fourth-order valence-corrected chi connectivity index (χ4v) is 6.45. The Bertz CT molecular complexity index is 1470. The second-order valence-corrected chi connectivity index (χ2v) is 12.8. The lowest BCUT2D eigenvalue weighted by atomic mass is 10.1. The molecule has 0 aliphatic rings. The van der Waals surface area contributed by atoms with E-state index in [9.17, 15) is 18.0 Å². The van der Waals surface area contributed by atoms with Crippen LogP contribution in [0.5, 0.6) is 0 Å². The summed E-state index contributed by atoms with van der Waals surface area (Å²) < 4.78 is 29.2. The lowest BCUT2D eigenvalue weighted by molar-refractivity contribution is -0.140. The summed E-state index contributed by atoms with van der Waals surface area (Å²) in [6, 6.07) is 16.0. The normalized spacial score (nSPS) is 12.1. The number of amides is 2. The van der Waals surface area contributed by atoms with Crippen LogP contribution < -0.4 is 9.62 Å².